The molecule has 0 aliphatic rings. The van der Waals surface area contributed by atoms with Crippen LogP contribution < -0.4 is 15.2 Å². The van der Waals surface area contributed by atoms with Gasteiger partial charge >= 0.3 is 0 Å². The third kappa shape index (κ3) is 3.88. The number of benzene rings is 1. The van der Waals surface area contributed by atoms with Crippen molar-refractivity contribution in [3.05, 3.63) is 23.8 Å². The lowest BCUT2D eigenvalue weighted by Crippen LogP contribution is -2.26. The Hall–Kier alpha value is -0.760. The fourth-order valence-corrected chi connectivity index (χ4v) is 2.96. The number of thioether (sulfide) groups is 1. The first-order valence-electron chi connectivity index (χ1n) is 5.40. The van der Waals surface area contributed by atoms with E-state index >= 15 is 0 Å². The quantitative estimate of drug-likeness (QED) is 0.726. The van der Waals surface area contributed by atoms with Gasteiger partial charge in [0.05, 0.1) is 12.0 Å². The first kappa shape index (κ1) is 15.3. The van der Waals surface area contributed by atoms with E-state index in [1.165, 1.54) is 13.2 Å². The SMILES string of the molecule is COc1ccc(S(=O)(=O)NCCSC)cc1CN. The molecule has 0 aliphatic heterocycles. The molecular formula is C11H18N2O3S2. The molecule has 0 aliphatic carbocycles. The van der Waals surface area contributed by atoms with Gasteiger partial charge in [0.2, 0.25) is 10.0 Å². The Kier molecular flexibility index (Phi) is 5.94. The van der Waals surface area contributed by atoms with E-state index in [2.05, 4.69) is 4.72 Å². The first-order chi connectivity index (χ1) is 8.55. The van der Waals surface area contributed by atoms with Crippen LogP contribution in [0.2, 0.25) is 0 Å². The molecule has 18 heavy (non-hydrogen) atoms. The van der Waals surface area contributed by atoms with Gasteiger partial charge in [-0.1, -0.05) is 0 Å². The Morgan fingerprint density at radius 2 is 2.17 bits per heavy atom. The van der Waals surface area contributed by atoms with Gasteiger partial charge in [0.1, 0.15) is 5.75 Å². The van der Waals surface area contributed by atoms with Crippen LogP contribution in [0.3, 0.4) is 0 Å². The topological polar surface area (TPSA) is 81.4 Å². The van der Waals surface area contributed by atoms with Crippen molar-refractivity contribution in [1.29, 1.82) is 0 Å². The zero-order chi connectivity index (χ0) is 13.6. The zero-order valence-corrected chi connectivity index (χ0v) is 12.1. The van der Waals surface area contributed by atoms with Crippen LogP contribution in [0.1, 0.15) is 5.56 Å². The maximum Gasteiger partial charge on any atom is 0.240 e. The summed E-state index contributed by atoms with van der Waals surface area (Å²) in [6.07, 6.45) is 1.92. The standard InChI is InChI=1S/C11H18N2O3S2/c1-16-11-4-3-10(7-9(11)8-12)18(14,15)13-5-6-17-2/h3-4,7,13H,5-6,8,12H2,1-2H3. The van der Waals surface area contributed by atoms with Gasteiger partial charge in [0, 0.05) is 24.4 Å². The van der Waals surface area contributed by atoms with E-state index in [0.717, 1.165) is 5.75 Å². The number of hydrogen-bond donors (Lipinski definition) is 2. The molecule has 0 atom stereocenters. The highest BCUT2D eigenvalue weighted by Crippen LogP contribution is 2.21. The Bertz CT molecular complexity index is 489. The van der Waals surface area contributed by atoms with E-state index in [9.17, 15) is 8.42 Å². The van der Waals surface area contributed by atoms with Crippen molar-refractivity contribution in [2.24, 2.45) is 5.73 Å². The number of sulfonamides is 1. The summed E-state index contributed by atoms with van der Waals surface area (Å²) in [6, 6.07) is 4.67. The van der Waals surface area contributed by atoms with Crippen LogP contribution in [0.15, 0.2) is 23.1 Å². The molecule has 1 aromatic carbocycles. The second-order valence-corrected chi connectivity index (χ2v) is 6.32. The lowest BCUT2D eigenvalue weighted by atomic mass is 10.2. The maximum absolute atomic E-state index is 12.0. The van der Waals surface area contributed by atoms with Gasteiger partial charge in [-0.15, -0.1) is 0 Å². The molecule has 5 nitrogen and oxygen atoms in total. The highest BCUT2D eigenvalue weighted by atomic mass is 32.2. The Labute approximate surface area is 112 Å². The molecule has 102 valence electrons. The third-order valence-electron chi connectivity index (χ3n) is 2.38. The van der Waals surface area contributed by atoms with E-state index in [1.807, 2.05) is 6.26 Å². The van der Waals surface area contributed by atoms with Gasteiger partial charge in [-0.25, -0.2) is 13.1 Å². The summed E-state index contributed by atoms with van der Waals surface area (Å²) >= 11 is 1.58. The summed E-state index contributed by atoms with van der Waals surface area (Å²) in [4.78, 5) is 0.213. The summed E-state index contributed by atoms with van der Waals surface area (Å²) < 4.78 is 31.6. The van der Waals surface area contributed by atoms with Gasteiger partial charge in [-0.3, -0.25) is 0 Å². The van der Waals surface area contributed by atoms with Gasteiger partial charge in [-0.05, 0) is 24.5 Å². The first-order valence-corrected chi connectivity index (χ1v) is 8.28. The van der Waals surface area contributed by atoms with Crippen LogP contribution in [-0.2, 0) is 16.6 Å². The van der Waals surface area contributed by atoms with E-state index in [4.69, 9.17) is 10.5 Å². The van der Waals surface area contributed by atoms with Gasteiger partial charge in [-0.2, -0.15) is 11.8 Å². The average Bonchev–Trinajstić information content (AvgIpc) is 2.38. The highest BCUT2D eigenvalue weighted by Gasteiger charge is 2.15. The Morgan fingerprint density at radius 3 is 2.72 bits per heavy atom. The monoisotopic (exact) mass is 290 g/mol. The van der Waals surface area contributed by atoms with Gasteiger partial charge < -0.3 is 10.5 Å². The van der Waals surface area contributed by atoms with Crippen LogP contribution in [0, 0.1) is 0 Å². The number of methoxy groups -OCH3 is 1. The second-order valence-electron chi connectivity index (χ2n) is 3.57. The summed E-state index contributed by atoms with van der Waals surface area (Å²) in [5, 5.41) is 0. The van der Waals surface area contributed by atoms with Crippen molar-refractivity contribution < 1.29 is 13.2 Å². The minimum atomic E-state index is -3.46. The molecule has 0 heterocycles. The molecule has 0 aromatic heterocycles. The largest absolute Gasteiger partial charge is 0.496 e. The number of nitrogens with two attached hydrogens (primary N) is 1. The molecule has 3 N–H and O–H groups in total. The van der Waals surface area contributed by atoms with Crippen LogP contribution in [0.5, 0.6) is 5.75 Å². The van der Waals surface area contributed by atoms with Crippen molar-refractivity contribution in [1.82, 2.24) is 4.72 Å². The van der Waals surface area contributed by atoms with Crippen molar-refractivity contribution in [3.63, 3.8) is 0 Å². The van der Waals surface area contributed by atoms with E-state index in [0.29, 0.717) is 17.9 Å². The van der Waals surface area contributed by atoms with Crippen LogP contribution in [-0.4, -0.2) is 34.1 Å². The molecule has 0 saturated carbocycles. The smallest absolute Gasteiger partial charge is 0.240 e. The fourth-order valence-electron chi connectivity index (χ4n) is 1.44. The highest BCUT2D eigenvalue weighted by molar-refractivity contribution is 7.98. The van der Waals surface area contributed by atoms with Crippen molar-refractivity contribution >= 4 is 21.8 Å². The minimum Gasteiger partial charge on any atom is -0.496 e. The molecule has 7 heteroatoms. The van der Waals surface area contributed by atoms with Gasteiger partial charge in [0.15, 0.2) is 0 Å². The Morgan fingerprint density at radius 1 is 1.44 bits per heavy atom. The second kappa shape index (κ2) is 6.98. The number of rotatable bonds is 7. The lowest BCUT2D eigenvalue weighted by Gasteiger charge is -2.10. The molecule has 0 saturated heterocycles. The summed E-state index contributed by atoms with van der Waals surface area (Å²) in [6.45, 7) is 0.644. The molecule has 0 spiro atoms. The normalized spacial score (nSPS) is 11.5. The summed E-state index contributed by atoms with van der Waals surface area (Å²) in [5.74, 6) is 1.33. The fraction of sp³-hybridized carbons (Fsp3) is 0.455. The molecular weight excluding hydrogens is 272 g/mol. The molecule has 0 unspecified atom stereocenters. The minimum absolute atomic E-state index is 0.213. The molecule has 1 rings (SSSR count). The van der Waals surface area contributed by atoms with Crippen LogP contribution in [0.4, 0.5) is 0 Å². The van der Waals surface area contributed by atoms with Crippen molar-refractivity contribution in [2.45, 2.75) is 11.4 Å². The predicted molar refractivity (Wildman–Crippen MR) is 74.5 cm³/mol. The Balaban J connectivity index is 2.95. The lowest BCUT2D eigenvalue weighted by molar-refractivity contribution is 0.409. The third-order valence-corrected chi connectivity index (χ3v) is 4.45. The molecule has 0 amide bonds. The van der Waals surface area contributed by atoms with E-state index < -0.39 is 10.0 Å². The number of ether oxygens (including phenoxy) is 1. The number of nitrogens with one attached hydrogen (secondary N) is 1. The molecule has 0 fully saturated rings. The maximum atomic E-state index is 12.0. The summed E-state index contributed by atoms with van der Waals surface area (Å²) in [7, 11) is -1.94. The molecule has 0 bridgehead atoms. The average molecular weight is 290 g/mol. The van der Waals surface area contributed by atoms with E-state index in [-0.39, 0.29) is 11.4 Å². The van der Waals surface area contributed by atoms with Crippen LogP contribution in [0.25, 0.3) is 0 Å². The summed E-state index contributed by atoms with van der Waals surface area (Å²) in [5.41, 5.74) is 6.23. The number of hydrogen-bond acceptors (Lipinski definition) is 5. The van der Waals surface area contributed by atoms with Crippen molar-refractivity contribution in [3.8, 4) is 5.75 Å². The van der Waals surface area contributed by atoms with Crippen LogP contribution >= 0.6 is 11.8 Å². The zero-order valence-electron chi connectivity index (χ0n) is 10.5. The van der Waals surface area contributed by atoms with E-state index in [1.54, 1.807) is 23.9 Å². The molecule has 0 radical (unpaired) electrons. The predicted octanol–water partition coefficient (Wildman–Crippen LogP) is 0.795. The van der Waals surface area contributed by atoms with Crippen molar-refractivity contribution in [2.75, 3.05) is 25.7 Å². The molecule has 1 aromatic rings. The van der Waals surface area contributed by atoms with Gasteiger partial charge in [0.25, 0.3) is 0 Å².